The molecule has 5 rings (SSSR count). The van der Waals surface area contributed by atoms with Gasteiger partial charge in [-0.1, -0.05) is 23.9 Å². The quantitative estimate of drug-likeness (QED) is 0.269. The number of nitrogens with zero attached hydrogens (tertiary/aromatic N) is 5. The number of hydrogen-bond donors (Lipinski definition) is 0. The van der Waals surface area contributed by atoms with E-state index in [1.807, 2.05) is 9.47 Å². The van der Waals surface area contributed by atoms with Gasteiger partial charge in [-0.2, -0.15) is 0 Å². The van der Waals surface area contributed by atoms with Gasteiger partial charge in [-0.15, -0.1) is 10.2 Å². The molecule has 176 valence electrons. The predicted molar refractivity (Wildman–Crippen MR) is 129 cm³/mol. The van der Waals surface area contributed by atoms with Gasteiger partial charge in [-0.3, -0.25) is 4.79 Å². The topological polar surface area (TPSA) is 63.9 Å². The van der Waals surface area contributed by atoms with Crippen LogP contribution in [0.5, 0.6) is 0 Å². The maximum Gasteiger partial charge on any atom is 0.222 e. The number of aromatic nitrogens is 4. The van der Waals surface area contributed by atoms with Crippen molar-refractivity contribution in [3.63, 3.8) is 0 Å². The third-order valence-corrected chi connectivity index (χ3v) is 7.06. The molecule has 0 radical (unpaired) electrons. The van der Waals surface area contributed by atoms with E-state index in [1.165, 1.54) is 42.4 Å². The number of carbonyl (C=O) groups excluding carboxylic acids is 1. The molecule has 0 bridgehead atoms. The average molecular weight is 482 g/mol. The van der Waals surface area contributed by atoms with Gasteiger partial charge in [-0.05, 0) is 61.6 Å². The molecule has 0 N–H and O–H groups in total. The summed E-state index contributed by atoms with van der Waals surface area (Å²) in [6.45, 7) is 2.18. The van der Waals surface area contributed by atoms with Gasteiger partial charge in [0, 0.05) is 37.2 Å². The van der Waals surface area contributed by atoms with E-state index in [-0.39, 0.29) is 17.5 Å². The number of hydrogen-bond acceptors (Lipinski definition) is 5. The predicted octanol–water partition coefficient (Wildman–Crippen LogP) is 5.19. The number of carbonyl (C=O) groups is 1. The number of benzene rings is 2. The van der Waals surface area contributed by atoms with Crippen molar-refractivity contribution in [2.75, 3.05) is 18.8 Å². The van der Waals surface area contributed by atoms with E-state index in [0.717, 1.165) is 43.4 Å². The Morgan fingerprint density at radius 3 is 2.53 bits per heavy atom. The fourth-order valence-corrected chi connectivity index (χ4v) is 5.12. The Hall–Kier alpha value is -3.07. The van der Waals surface area contributed by atoms with Crippen LogP contribution in [0.3, 0.4) is 0 Å². The van der Waals surface area contributed by atoms with Crippen LogP contribution >= 0.6 is 11.8 Å². The third-order valence-electron chi connectivity index (χ3n) is 6.14. The van der Waals surface area contributed by atoms with Gasteiger partial charge in [0.05, 0.1) is 5.52 Å². The number of halogens is 2. The highest BCUT2D eigenvalue weighted by Crippen LogP contribution is 2.29. The van der Waals surface area contributed by atoms with Crippen LogP contribution in [0, 0.1) is 11.6 Å². The van der Waals surface area contributed by atoms with E-state index in [4.69, 9.17) is 4.98 Å². The molecule has 1 saturated heterocycles. The second kappa shape index (κ2) is 10.0. The van der Waals surface area contributed by atoms with Crippen molar-refractivity contribution in [1.29, 1.82) is 0 Å². The molecule has 6 nitrogen and oxygen atoms in total. The molecule has 1 amide bonds. The molecule has 3 heterocycles. The smallest absolute Gasteiger partial charge is 0.222 e. The summed E-state index contributed by atoms with van der Waals surface area (Å²) in [5, 5.41) is 9.76. The number of amides is 1. The first kappa shape index (κ1) is 22.7. The van der Waals surface area contributed by atoms with Gasteiger partial charge in [0.15, 0.2) is 5.65 Å². The standard InChI is InChI=1S/C25H25F2N5OS/c26-18-8-6-17(7-9-18)16-32-21-11-10-19(27)15-20(21)23-24(32)28-25(30-29-23)34-14-4-5-22(33)31-12-2-1-3-13-31/h6-11,15H,1-5,12-14,16H2. The summed E-state index contributed by atoms with van der Waals surface area (Å²) in [5.41, 5.74) is 2.82. The number of rotatable bonds is 7. The van der Waals surface area contributed by atoms with Gasteiger partial charge in [0.1, 0.15) is 17.2 Å². The fraction of sp³-hybridized carbons (Fsp3) is 0.360. The first-order chi connectivity index (χ1) is 16.6. The molecule has 0 spiro atoms. The summed E-state index contributed by atoms with van der Waals surface area (Å²) < 4.78 is 29.3. The van der Waals surface area contributed by atoms with Crippen LogP contribution in [0.15, 0.2) is 47.6 Å². The van der Waals surface area contributed by atoms with Crippen molar-refractivity contribution in [3.8, 4) is 0 Å². The third kappa shape index (κ3) is 4.89. The largest absolute Gasteiger partial charge is 0.343 e. The van der Waals surface area contributed by atoms with Crippen LogP contribution < -0.4 is 0 Å². The van der Waals surface area contributed by atoms with Crippen LogP contribution in [0.1, 0.15) is 37.7 Å². The summed E-state index contributed by atoms with van der Waals surface area (Å²) in [6, 6.07) is 10.8. The van der Waals surface area contributed by atoms with Crippen LogP contribution in [0.2, 0.25) is 0 Å². The number of piperidine rings is 1. The van der Waals surface area contributed by atoms with Crippen LogP contribution in [0.4, 0.5) is 8.78 Å². The molecule has 0 saturated carbocycles. The second-order valence-corrected chi connectivity index (χ2v) is 9.60. The minimum Gasteiger partial charge on any atom is -0.343 e. The normalized spacial score (nSPS) is 14.2. The Balaban J connectivity index is 1.35. The summed E-state index contributed by atoms with van der Waals surface area (Å²) in [7, 11) is 0. The fourth-order valence-electron chi connectivity index (χ4n) is 4.40. The van der Waals surface area contributed by atoms with Crippen molar-refractivity contribution in [3.05, 3.63) is 59.7 Å². The highest BCUT2D eigenvalue weighted by molar-refractivity contribution is 7.99. The number of fused-ring (bicyclic) bond motifs is 3. The summed E-state index contributed by atoms with van der Waals surface area (Å²) in [4.78, 5) is 19.1. The van der Waals surface area contributed by atoms with Crippen molar-refractivity contribution >= 4 is 39.7 Å². The van der Waals surface area contributed by atoms with E-state index in [9.17, 15) is 13.6 Å². The summed E-state index contributed by atoms with van der Waals surface area (Å²) >= 11 is 1.46. The molecule has 0 atom stereocenters. The van der Waals surface area contributed by atoms with E-state index >= 15 is 0 Å². The first-order valence-electron chi connectivity index (χ1n) is 11.6. The summed E-state index contributed by atoms with van der Waals surface area (Å²) in [5.74, 6) is 0.275. The molecule has 4 aromatic rings. The molecule has 1 fully saturated rings. The maximum atomic E-state index is 14.0. The lowest BCUT2D eigenvalue weighted by Crippen LogP contribution is -2.35. The summed E-state index contributed by atoms with van der Waals surface area (Å²) in [6.07, 6.45) is 4.65. The Morgan fingerprint density at radius 1 is 0.971 bits per heavy atom. The molecule has 34 heavy (non-hydrogen) atoms. The lowest BCUT2D eigenvalue weighted by atomic mass is 10.1. The van der Waals surface area contributed by atoms with Gasteiger partial charge < -0.3 is 9.47 Å². The van der Waals surface area contributed by atoms with Gasteiger partial charge >= 0.3 is 0 Å². The van der Waals surface area contributed by atoms with Gasteiger partial charge in [0.2, 0.25) is 11.1 Å². The van der Waals surface area contributed by atoms with Crippen molar-refractivity contribution in [2.24, 2.45) is 0 Å². The highest BCUT2D eigenvalue weighted by Gasteiger charge is 2.18. The van der Waals surface area contributed by atoms with E-state index < -0.39 is 0 Å². The lowest BCUT2D eigenvalue weighted by molar-refractivity contribution is -0.132. The average Bonchev–Trinajstić information content (AvgIpc) is 3.15. The van der Waals surface area contributed by atoms with Crippen LogP contribution in [-0.4, -0.2) is 49.4 Å². The highest BCUT2D eigenvalue weighted by atomic mass is 32.2. The van der Waals surface area contributed by atoms with Crippen molar-refractivity contribution in [1.82, 2.24) is 24.6 Å². The molecular formula is C25H25F2N5OS. The van der Waals surface area contributed by atoms with Gasteiger partial charge in [0.25, 0.3) is 0 Å². The molecule has 0 unspecified atom stereocenters. The molecule has 1 aliphatic rings. The van der Waals surface area contributed by atoms with E-state index in [2.05, 4.69) is 10.2 Å². The SMILES string of the molecule is O=C(CCCSc1nnc2c3cc(F)ccc3n(Cc3ccc(F)cc3)c2n1)N1CCCCC1. The second-order valence-electron chi connectivity index (χ2n) is 8.53. The lowest BCUT2D eigenvalue weighted by Gasteiger charge is -2.26. The van der Waals surface area contributed by atoms with Crippen molar-refractivity contribution in [2.45, 2.75) is 43.8 Å². The molecule has 2 aromatic heterocycles. The number of thioether (sulfide) groups is 1. The molecule has 9 heteroatoms. The maximum absolute atomic E-state index is 14.0. The molecule has 0 aliphatic carbocycles. The monoisotopic (exact) mass is 481 g/mol. The first-order valence-corrected chi connectivity index (χ1v) is 12.5. The van der Waals surface area contributed by atoms with Crippen LogP contribution in [-0.2, 0) is 11.3 Å². The Morgan fingerprint density at radius 2 is 1.74 bits per heavy atom. The Bertz CT molecular complexity index is 1320. The Labute approximate surface area is 200 Å². The Kier molecular flexibility index (Phi) is 6.71. The minimum atomic E-state index is -0.355. The van der Waals surface area contributed by atoms with E-state index in [1.54, 1.807) is 18.2 Å². The molecule has 2 aromatic carbocycles. The minimum absolute atomic E-state index is 0.219. The zero-order valence-electron chi connectivity index (χ0n) is 18.7. The van der Waals surface area contributed by atoms with Crippen LogP contribution in [0.25, 0.3) is 22.1 Å². The zero-order chi connectivity index (χ0) is 23.5. The van der Waals surface area contributed by atoms with E-state index in [0.29, 0.717) is 40.4 Å². The van der Waals surface area contributed by atoms with Crippen molar-refractivity contribution < 1.29 is 13.6 Å². The van der Waals surface area contributed by atoms with Gasteiger partial charge in [-0.25, -0.2) is 13.8 Å². The molecular weight excluding hydrogens is 456 g/mol. The zero-order valence-corrected chi connectivity index (χ0v) is 19.5. The molecule has 1 aliphatic heterocycles. The number of likely N-dealkylation sites (tertiary alicyclic amines) is 1.